The van der Waals surface area contributed by atoms with E-state index in [1.807, 2.05) is 0 Å². The Balaban J connectivity index is 4.29. The van der Waals surface area contributed by atoms with Gasteiger partial charge in [-0.05, 0) is 37.0 Å². The molecule has 1 unspecified atom stereocenters. The molecule has 0 bridgehead atoms. The molecule has 0 aliphatic heterocycles. The number of carbonyl (C=O) groups is 3. The maximum absolute atomic E-state index is 12.9. The molecule has 0 aromatic heterocycles. The van der Waals surface area contributed by atoms with Crippen LogP contribution in [0.1, 0.15) is 330 Å². The average Bonchev–Trinajstić information content (AvgIpc) is 3.29. The van der Waals surface area contributed by atoms with Crippen molar-refractivity contribution in [2.24, 2.45) is 17.8 Å². The first-order valence-corrected chi connectivity index (χ1v) is 29.6. The number of hydrogen-bond donors (Lipinski definition) is 0. The molecule has 0 aliphatic rings. The minimum Gasteiger partial charge on any atom is -0.462 e. The zero-order valence-electron chi connectivity index (χ0n) is 45.5. The Morgan fingerprint density at radius 1 is 0.303 bits per heavy atom. The number of hydrogen-bond acceptors (Lipinski definition) is 6. The van der Waals surface area contributed by atoms with Crippen LogP contribution in [0.3, 0.4) is 0 Å². The van der Waals surface area contributed by atoms with Crippen molar-refractivity contribution in [1.29, 1.82) is 0 Å². The Morgan fingerprint density at radius 2 is 0.530 bits per heavy atom. The van der Waals surface area contributed by atoms with Gasteiger partial charge in [-0.2, -0.15) is 0 Å². The van der Waals surface area contributed by atoms with Crippen LogP contribution >= 0.6 is 0 Å². The van der Waals surface area contributed by atoms with Gasteiger partial charge in [0.05, 0.1) is 0 Å². The minimum absolute atomic E-state index is 0.0634. The van der Waals surface area contributed by atoms with E-state index in [-0.39, 0.29) is 31.1 Å². The highest BCUT2D eigenvalue weighted by Gasteiger charge is 2.19. The van der Waals surface area contributed by atoms with Crippen LogP contribution in [0.4, 0.5) is 0 Å². The highest BCUT2D eigenvalue weighted by Crippen LogP contribution is 2.19. The highest BCUT2D eigenvalue weighted by atomic mass is 16.6. The molecule has 0 saturated carbocycles. The van der Waals surface area contributed by atoms with Gasteiger partial charge in [0.1, 0.15) is 13.2 Å². The Kier molecular flexibility index (Phi) is 50.0. The van der Waals surface area contributed by atoms with Crippen molar-refractivity contribution < 1.29 is 28.6 Å². The average molecular weight is 934 g/mol. The number of unbranched alkanes of at least 4 members (excludes halogenated alkanes) is 35. The third kappa shape index (κ3) is 51.8. The van der Waals surface area contributed by atoms with Crippen LogP contribution < -0.4 is 0 Å². The van der Waals surface area contributed by atoms with E-state index in [0.29, 0.717) is 19.3 Å². The smallest absolute Gasteiger partial charge is 0.306 e. The number of carbonyl (C=O) groups excluding carboxylic acids is 3. The lowest BCUT2D eigenvalue weighted by Gasteiger charge is -2.18. The molecular formula is C60H116O6. The van der Waals surface area contributed by atoms with Gasteiger partial charge in [-0.1, -0.05) is 292 Å². The lowest BCUT2D eigenvalue weighted by molar-refractivity contribution is -0.167. The van der Waals surface area contributed by atoms with E-state index in [1.54, 1.807) is 0 Å². The lowest BCUT2D eigenvalue weighted by Crippen LogP contribution is -2.30. The molecule has 0 spiro atoms. The van der Waals surface area contributed by atoms with Gasteiger partial charge in [-0.3, -0.25) is 14.4 Å². The molecule has 0 aliphatic carbocycles. The largest absolute Gasteiger partial charge is 0.462 e. The maximum atomic E-state index is 12.9. The Hall–Kier alpha value is -1.59. The fraction of sp³-hybridized carbons (Fsp3) is 0.950. The Bertz CT molecular complexity index is 1020. The van der Waals surface area contributed by atoms with Crippen molar-refractivity contribution in [2.45, 2.75) is 337 Å². The third-order valence-electron chi connectivity index (χ3n) is 14.0. The van der Waals surface area contributed by atoms with Crippen LogP contribution in [0.5, 0.6) is 0 Å². The summed E-state index contributed by atoms with van der Waals surface area (Å²) in [6.07, 6.45) is 53.7. The molecule has 0 saturated heterocycles. The van der Waals surface area contributed by atoms with E-state index in [9.17, 15) is 14.4 Å². The molecule has 0 fully saturated rings. The van der Waals surface area contributed by atoms with Crippen molar-refractivity contribution in [2.75, 3.05) is 13.2 Å². The summed E-state index contributed by atoms with van der Waals surface area (Å²) in [7, 11) is 0. The second-order valence-corrected chi connectivity index (χ2v) is 21.8. The monoisotopic (exact) mass is 933 g/mol. The fourth-order valence-electron chi connectivity index (χ4n) is 9.14. The molecule has 2 atom stereocenters. The molecule has 0 radical (unpaired) electrons. The second kappa shape index (κ2) is 51.3. The second-order valence-electron chi connectivity index (χ2n) is 21.8. The number of rotatable bonds is 53. The van der Waals surface area contributed by atoms with Crippen molar-refractivity contribution in [3.63, 3.8) is 0 Å². The van der Waals surface area contributed by atoms with Gasteiger partial charge in [0.2, 0.25) is 0 Å². The summed E-state index contributed by atoms with van der Waals surface area (Å²) in [6.45, 7) is 13.8. The molecule has 66 heavy (non-hydrogen) atoms. The SMILES string of the molecule is CCC(C)CCCCCCCCCCCCC(=O)O[C@@H](COC(=O)CCCCCCCCCCCCCCCCCCC(C)C)COC(=O)CCCCCCCCCCCCCCC(C)C. The Morgan fingerprint density at radius 3 is 0.788 bits per heavy atom. The van der Waals surface area contributed by atoms with Crippen LogP contribution in [0.25, 0.3) is 0 Å². The quantitative estimate of drug-likeness (QED) is 0.0343. The molecule has 0 amide bonds. The van der Waals surface area contributed by atoms with Crippen LogP contribution in [-0.4, -0.2) is 37.2 Å². The first-order chi connectivity index (χ1) is 32.1. The molecule has 0 N–H and O–H groups in total. The summed E-state index contributed by atoms with van der Waals surface area (Å²) in [5, 5.41) is 0. The summed E-state index contributed by atoms with van der Waals surface area (Å²) in [5.74, 6) is 1.71. The molecule has 0 rings (SSSR count). The van der Waals surface area contributed by atoms with Crippen LogP contribution in [0, 0.1) is 17.8 Å². The van der Waals surface area contributed by atoms with Gasteiger partial charge in [0.25, 0.3) is 0 Å². The van der Waals surface area contributed by atoms with E-state index in [0.717, 1.165) is 75.5 Å². The van der Waals surface area contributed by atoms with Crippen LogP contribution in [0.2, 0.25) is 0 Å². The lowest BCUT2D eigenvalue weighted by atomic mass is 9.99. The standard InChI is InChI=1S/C60H116O6/c1-7-56(6)48-42-36-30-24-20-21-27-33-39-45-51-60(63)66-57(53-65-59(62)50-44-38-32-26-19-15-14-17-23-29-35-41-47-55(4)5)52-64-58(61)49-43-37-31-25-18-13-11-9-8-10-12-16-22-28-34-40-46-54(2)3/h54-57H,7-53H2,1-6H3/t56?,57-/m0/s1. The maximum Gasteiger partial charge on any atom is 0.306 e. The van der Waals surface area contributed by atoms with E-state index < -0.39 is 6.10 Å². The Labute approximate surface area is 412 Å². The van der Waals surface area contributed by atoms with E-state index in [2.05, 4.69) is 41.5 Å². The molecule has 6 nitrogen and oxygen atoms in total. The summed E-state index contributed by atoms with van der Waals surface area (Å²) in [5.41, 5.74) is 0. The molecule has 6 heteroatoms. The zero-order valence-corrected chi connectivity index (χ0v) is 45.5. The normalized spacial score (nSPS) is 12.5. The van der Waals surface area contributed by atoms with E-state index >= 15 is 0 Å². The predicted octanol–water partition coefficient (Wildman–Crippen LogP) is 19.5. The van der Waals surface area contributed by atoms with E-state index in [4.69, 9.17) is 14.2 Å². The van der Waals surface area contributed by atoms with Gasteiger partial charge in [0, 0.05) is 19.3 Å². The molecule has 392 valence electrons. The van der Waals surface area contributed by atoms with Gasteiger partial charge >= 0.3 is 17.9 Å². The van der Waals surface area contributed by atoms with Crippen molar-refractivity contribution in [3.8, 4) is 0 Å². The van der Waals surface area contributed by atoms with Gasteiger partial charge in [0.15, 0.2) is 6.10 Å². The third-order valence-corrected chi connectivity index (χ3v) is 14.0. The summed E-state index contributed by atoms with van der Waals surface area (Å²) in [4.78, 5) is 38.2. The fourth-order valence-corrected chi connectivity index (χ4v) is 9.14. The summed E-state index contributed by atoms with van der Waals surface area (Å²) < 4.78 is 16.9. The molecule has 0 heterocycles. The van der Waals surface area contributed by atoms with Gasteiger partial charge in [-0.25, -0.2) is 0 Å². The number of ether oxygens (including phenoxy) is 3. The number of esters is 3. The first kappa shape index (κ1) is 64.4. The summed E-state index contributed by atoms with van der Waals surface area (Å²) in [6, 6.07) is 0. The van der Waals surface area contributed by atoms with Crippen molar-refractivity contribution >= 4 is 17.9 Å². The van der Waals surface area contributed by atoms with Crippen LogP contribution in [-0.2, 0) is 28.6 Å². The van der Waals surface area contributed by atoms with Gasteiger partial charge in [-0.15, -0.1) is 0 Å². The first-order valence-electron chi connectivity index (χ1n) is 29.6. The van der Waals surface area contributed by atoms with Crippen molar-refractivity contribution in [1.82, 2.24) is 0 Å². The van der Waals surface area contributed by atoms with Gasteiger partial charge < -0.3 is 14.2 Å². The molecule has 0 aromatic carbocycles. The van der Waals surface area contributed by atoms with E-state index in [1.165, 1.54) is 212 Å². The topological polar surface area (TPSA) is 78.9 Å². The predicted molar refractivity (Wildman–Crippen MR) is 284 cm³/mol. The highest BCUT2D eigenvalue weighted by molar-refractivity contribution is 5.71. The van der Waals surface area contributed by atoms with Crippen molar-refractivity contribution in [3.05, 3.63) is 0 Å². The molecular weight excluding hydrogens is 817 g/mol. The molecule has 0 aromatic rings. The van der Waals surface area contributed by atoms with Crippen LogP contribution in [0.15, 0.2) is 0 Å². The zero-order chi connectivity index (χ0) is 48.4. The summed E-state index contributed by atoms with van der Waals surface area (Å²) >= 11 is 0. The minimum atomic E-state index is -0.764.